The number of aliphatic imine (C=N–C) groups is 1. The molecule has 14 nitrogen and oxygen atoms in total. The van der Waals surface area contributed by atoms with Gasteiger partial charge < -0.3 is 55.5 Å². The second kappa shape index (κ2) is 22.5. The molecule has 12 unspecified atom stereocenters. The van der Waals surface area contributed by atoms with Crippen molar-refractivity contribution in [3.63, 3.8) is 0 Å². The number of allylic oxidation sites excluding steroid dienone is 1. The Morgan fingerprint density at radius 2 is 1.82 bits per heavy atom. The maximum Gasteiger partial charge on any atom is 0.201 e. The molecule has 5 aliphatic carbocycles. The lowest BCUT2D eigenvalue weighted by molar-refractivity contribution is -0.121. The molecular weight excluding hydrogens is 977 g/mol. The van der Waals surface area contributed by atoms with E-state index in [0.717, 1.165) is 67.4 Å². The summed E-state index contributed by atoms with van der Waals surface area (Å²) in [6, 6.07) is 4.74. The zero-order chi connectivity index (χ0) is 51.8. The zero-order valence-electron chi connectivity index (χ0n) is 43.2. The van der Waals surface area contributed by atoms with Crippen LogP contribution >= 0.6 is 21.6 Å². The van der Waals surface area contributed by atoms with Crippen LogP contribution in [-0.4, -0.2) is 112 Å². The quantitative estimate of drug-likeness (QED) is 0.0687. The summed E-state index contributed by atoms with van der Waals surface area (Å²) in [5.41, 5.74) is 9.42. The number of methoxy groups -OCH3 is 1. The van der Waals surface area contributed by atoms with Crippen molar-refractivity contribution in [1.29, 1.82) is 0 Å². The van der Waals surface area contributed by atoms with Crippen LogP contribution in [0.3, 0.4) is 0 Å². The van der Waals surface area contributed by atoms with Gasteiger partial charge in [-0.05, 0) is 117 Å². The number of phenols is 1. The Morgan fingerprint density at radius 3 is 2.61 bits per heavy atom. The Bertz CT molecular complexity index is 2600. The Balaban J connectivity index is 1.17. The first-order chi connectivity index (χ1) is 35.8. The lowest BCUT2D eigenvalue weighted by Crippen LogP contribution is -2.65. The maximum atomic E-state index is 13.4. The lowest BCUT2D eigenvalue weighted by atomic mass is 9.51. The molecule has 9 aliphatic rings. The molecule has 0 saturated heterocycles. The van der Waals surface area contributed by atoms with Crippen molar-refractivity contribution < 1.29 is 49.3 Å². The van der Waals surface area contributed by atoms with Gasteiger partial charge in [0, 0.05) is 66.4 Å². The van der Waals surface area contributed by atoms with E-state index in [4.69, 9.17) is 29.7 Å². The number of nitrogens with one attached hydrogen (secondary N) is 2. The van der Waals surface area contributed by atoms with Gasteiger partial charge in [0.25, 0.3) is 0 Å². The van der Waals surface area contributed by atoms with Crippen molar-refractivity contribution in [2.45, 2.75) is 153 Å². The standard InChI is InChI=1S/C58H76N4O10S2/c1-34(2)48-30-74-73-29-46-45-26-44-36-10-13-41(66)25-40(65)12-9-35-11-14-49(67)52(71-33-64)42(35)8-6-7-37(23-36)51(53(44)72-54(45)68)70-32-60-58-31-56(18-4-5-19-56)20-16-39(58)24-43(50(28-63)69-3)38-15-21-57(58,27-38)22-17-47(46)61-55(59)62-48/h11,14-15,21,23,34,38-39,41,43,45-48,50,54,60,63-64,66-68H,4-5,7,9-10,12-13,16,18-20,24-33H2,1-3H3,(H3,59,61,62). The van der Waals surface area contributed by atoms with E-state index in [2.05, 4.69) is 66.4 Å². The average molecular weight is 1050 g/mol. The minimum atomic E-state index is -1.26. The first-order valence-electron chi connectivity index (χ1n) is 27.2. The smallest absolute Gasteiger partial charge is 0.201 e. The van der Waals surface area contributed by atoms with Gasteiger partial charge in [0.05, 0.1) is 41.9 Å². The number of aliphatic hydroxyl groups is 4. The molecule has 0 radical (unpaired) electrons. The number of aromatic hydroxyl groups is 1. The summed E-state index contributed by atoms with van der Waals surface area (Å²) in [7, 11) is 5.25. The van der Waals surface area contributed by atoms with Crippen LogP contribution in [0.1, 0.15) is 119 Å². The van der Waals surface area contributed by atoms with Gasteiger partial charge in [-0.15, -0.1) is 0 Å². The molecule has 4 heterocycles. The van der Waals surface area contributed by atoms with E-state index in [0.29, 0.717) is 60.0 Å². The van der Waals surface area contributed by atoms with Crippen molar-refractivity contribution in [2.24, 2.45) is 57.1 Å². The molecule has 16 heteroatoms. The number of rotatable bonds is 6. The third-order valence-corrected chi connectivity index (χ3v) is 20.9. The molecule has 0 aromatic heterocycles. The number of nitrogens with two attached hydrogens (primary N) is 1. The Hall–Kier alpha value is -4.10. The van der Waals surface area contributed by atoms with Crippen LogP contribution in [0.5, 0.6) is 23.0 Å². The van der Waals surface area contributed by atoms with Crippen molar-refractivity contribution in [3.05, 3.63) is 58.2 Å². The number of aliphatic hydroxyl groups excluding tert-OH is 4. The van der Waals surface area contributed by atoms with Crippen LogP contribution in [0.4, 0.5) is 0 Å². The SMILES string of the molecule is COC(CO)C1CC2CCC3(CCCC3)CC23NCOc2c4cc(c5c2OC(O)C(C5)C2CSSCC(C(C)C)N=C(N)NC2C#CC32C=CC1C2)CCC(O)CC(=O)CCc1ccc(O)c(OCO)c1C#CC4. The summed E-state index contributed by atoms with van der Waals surface area (Å²) in [5.74, 6) is 16.8. The molecule has 11 rings (SSSR count). The number of aryl methyl sites for hydroxylation is 2. The fourth-order valence-corrected chi connectivity index (χ4v) is 17.3. The normalized spacial score (nSPS) is 34.0. The van der Waals surface area contributed by atoms with Crippen molar-refractivity contribution >= 4 is 33.3 Å². The number of carbonyl (C=O) groups is 1. The number of fused-ring (bicyclic) bond motifs is 7. The molecule has 2 aromatic carbocycles. The van der Waals surface area contributed by atoms with E-state index in [-0.39, 0.29) is 97.0 Å². The van der Waals surface area contributed by atoms with Crippen LogP contribution in [0.15, 0.2) is 35.3 Å². The number of phenolic OH excluding ortho intramolecular Hbond substituents is 1. The molecule has 4 aliphatic heterocycles. The molecular formula is C58H76N4O10S2. The minimum absolute atomic E-state index is 0.00514. The third-order valence-electron chi connectivity index (χ3n) is 18.4. The molecule has 8 bridgehead atoms. The number of Topliss-reactive ketones (excluding diaryl/α,β-unsaturated/α-hetero) is 1. The highest BCUT2D eigenvalue weighted by Crippen LogP contribution is 2.65. The zero-order valence-corrected chi connectivity index (χ0v) is 44.8. The summed E-state index contributed by atoms with van der Waals surface area (Å²) in [6.45, 7) is 3.68. The molecule has 3 saturated carbocycles. The number of ether oxygens (including phenoxy) is 4. The molecule has 74 heavy (non-hydrogen) atoms. The Morgan fingerprint density at radius 1 is 1.00 bits per heavy atom. The van der Waals surface area contributed by atoms with Gasteiger partial charge >= 0.3 is 0 Å². The minimum Gasteiger partial charge on any atom is -0.504 e. The Labute approximate surface area is 444 Å². The van der Waals surface area contributed by atoms with E-state index >= 15 is 0 Å². The predicted octanol–water partition coefficient (Wildman–Crippen LogP) is 6.32. The summed E-state index contributed by atoms with van der Waals surface area (Å²) in [6.07, 6.45) is 13.3. The number of ketones is 1. The highest BCUT2D eigenvalue weighted by Gasteiger charge is 2.64. The first-order valence-corrected chi connectivity index (χ1v) is 29.6. The van der Waals surface area contributed by atoms with Gasteiger partial charge in [0.1, 0.15) is 12.5 Å². The topological polar surface area (TPSA) is 218 Å². The van der Waals surface area contributed by atoms with Gasteiger partial charge in [0.15, 0.2) is 35.8 Å². The summed E-state index contributed by atoms with van der Waals surface area (Å²) in [5, 5.41) is 63.5. The second-order valence-electron chi connectivity index (χ2n) is 22.9. The molecule has 2 aromatic rings. The van der Waals surface area contributed by atoms with Crippen LogP contribution in [0.25, 0.3) is 0 Å². The van der Waals surface area contributed by atoms with Crippen LogP contribution in [0.2, 0.25) is 0 Å². The summed E-state index contributed by atoms with van der Waals surface area (Å²) < 4.78 is 25.7. The van der Waals surface area contributed by atoms with E-state index in [9.17, 15) is 30.3 Å². The third kappa shape index (κ3) is 10.4. The molecule has 12 atom stereocenters. The van der Waals surface area contributed by atoms with E-state index < -0.39 is 42.1 Å². The van der Waals surface area contributed by atoms with Crippen molar-refractivity contribution in [2.75, 3.05) is 38.7 Å². The highest BCUT2D eigenvalue weighted by atomic mass is 33.1. The fraction of sp³-hybridized carbons (Fsp3) is 0.655. The fourth-order valence-electron chi connectivity index (χ4n) is 14.4. The van der Waals surface area contributed by atoms with Gasteiger partial charge in [-0.2, -0.15) is 0 Å². The number of guanidine groups is 1. The highest BCUT2D eigenvalue weighted by molar-refractivity contribution is 8.76. The molecule has 3 spiro atoms. The first kappa shape index (κ1) is 53.3. The molecule has 3 fully saturated rings. The Kier molecular flexibility index (Phi) is 16.2. The lowest BCUT2D eigenvalue weighted by Gasteiger charge is -2.58. The monoisotopic (exact) mass is 1050 g/mol. The van der Waals surface area contributed by atoms with Gasteiger partial charge in [-0.3, -0.25) is 10.1 Å². The number of nitrogens with zero attached hydrogens (tertiary/aromatic N) is 1. The second-order valence-corrected chi connectivity index (χ2v) is 25.5. The van der Waals surface area contributed by atoms with Crippen LogP contribution in [0, 0.1) is 70.0 Å². The molecule has 0 amide bonds. The largest absolute Gasteiger partial charge is 0.504 e. The summed E-state index contributed by atoms with van der Waals surface area (Å²) in [4.78, 5) is 18.5. The van der Waals surface area contributed by atoms with Crippen molar-refractivity contribution in [3.8, 4) is 46.7 Å². The van der Waals surface area contributed by atoms with Crippen molar-refractivity contribution in [1.82, 2.24) is 10.6 Å². The van der Waals surface area contributed by atoms with E-state index in [1.165, 1.54) is 18.9 Å². The average Bonchev–Trinajstić information content (AvgIpc) is 4.01. The number of carbonyl (C=O) groups excluding carboxylic acids is 1. The number of benzene rings is 2. The number of hydrogen-bond acceptors (Lipinski definition) is 16. The predicted molar refractivity (Wildman–Crippen MR) is 288 cm³/mol. The van der Waals surface area contributed by atoms with E-state index in [1.54, 1.807) is 34.8 Å². The maximum absolute atomic E-state index is 13.4. The van der Waals surface area contributed by atoms with Gasteiger partial charge in [0.2, 0.25) is 6.29 Å². The van der Waals surface area contributed by atoms with Crippen LogP contribution < -0.4 is 30.6 Å². The van der Waals surface area contributed by atoms with E-state index in [1.807, 2.05) is 0 Å². The van der Waals surface area contributed by atoms with Crippen LogP contribution in [-0.2, 0) is 35.2 Å². The number of hydrogen-bond donors (Lipinski definition) is 8. The molecule has 9 N–H and O–H groups in total. The molecule has 400 valence electrons. The summed E-state index contributed by atoms with van der Waals surface area (Å²) >= 11 is 0. The van der Waals surface area contributed by atoms with Gasteiger partial charge in [-0.1, -0.05) is 96.2 Å². The van der Waals surface area contributed by atoms with Gasteiger partial charge in [-0.25, -0.2) is 4.99 Å².